The van der Waals surface area contributed by atoms with Crippen molar-refractivity contribution in [3.63, 3.8) is 0 Å². The normalized spacial score (nSPS) is 11.7. The molecule has 0 aromatic heterocycles. The average Bonchev–Trinajstić information content (AvgIpc) is 3.00. The molecule has 0 aromatic carbocycles. The first-order chi connectivity index (χ1) is 21.0. The van der Waals surface area contributed by atoms with E-state index in [0.29, 0.717) is 20.3 Å². The van der Waals surface area contributed by atoms with Crippen molar-refractivity contribution in [2.24, 2.45) is 0 Å². The van der Waals surface area contributed by atoms with Gasteiger partial charge in [0.2, 0.25) is 25.1 Å². The van der Waals surface area contributed by atoms with Crippen LogP contribution in [0.4, 0.5) is 0 Å². The van der Waals surface area contributed by atoms with Crippen molar-refractivity contribution < 1.29 is 14.4 Å². The molecule has 0 saturated heterocycles. The minimum absolute atomic E-state index is 0.0388. The highest BCUT2D eigenvalue weighted by atomic mass is 16.2. The molecule has 0 radical (unpaired) electrons. The number of carbonyl (C=O) groups excluding carboxylic acids is 3. The van der Waals surface area contributed by atoms with Gasteiger partial charge < -0.3 is 15.9 Å². The molecule has 6 nitrogen and oxygen atoms in total. The van der Waals surface area contributed by atoms with E-state index >= 15 is 0 Å². The fourth-order valence-corrected chi connectivity index (χ4v) is 5.68. The summed E-state index contributed by atoms with van der Waals surface area (Å²) in [4.78, 5) is 37.4. The Bertz CT molecular complexity index is 647. The Balaban J connectivity index is 3.87. The molecule has 0 aliphatic heterocycles. The molecule has 3 N–H and O–H groups in total. The highest BCUT2D eigenvalue weighted by Crippen LogP contribution is 2.14. The summed E-state index contributed by atoms with van der Waals surface area (Å²) in [6.07, 6.45) is 34.0. The zero-order chi connectivity index (χ0) is 31.6. The molecule has 43 heavy (non-hydrogen) atoms. The Morgan fingerprint density at radius 3 is 1.16 bits per heavy atom. The van der Waals surface area contributed by atoms with Gasteiger partial charge in [0.15, 0.2) is 0 Å². The van der Waals surface area contributed by atoms with E-state index in [1.165, 1.54) is 141 Å². The molecule has 0 rings (SSSR count). The van der Waals surface area contributed by atoms with Gasteiger partial charge in [0.05, 0.1) is 0 Å². The van der Waals surface area contributed by atoms with E-state index in [4.69, 9.17) is 0 Å². The molecule has 0 unspecified atom stereocenters. The molecule has 0 aliphatic carbocycles. The maximum Gasteiger partial charge on any atom is 0.233 e. The Morgan fingerprint density at radius 1 is 0.488 bits per heavy atom. The largest absolute Gasteiger partial charge is 0.401 e. The Hall–Kier alpha value is -1.53. The van der Waals surface area contributed by atoms with Crippen LogP contribution < -0.4 is 15.9 Å². The minimum atomic E-state index is -0.718. The van der Waals surface area contributed by atoms with Gasteiger partial charge in [0, 0.05) is 19.4 Å². The van der Waals surface area contributed by atoms with Crippen LogP contribution in [0, 0.1) is 0 Å². The summed E-state index contributed by atoms with van der Waals surface area (Å²) in [6, 6.07) is -0.718. The second-order valence-electron chi connectivity index (χ2n) is 12.8. The molecule has 0 aromatic rings. The van der Waals surface area contributed by atoms with Crippen LogP contribution in [0.3, 0.4) is 0 Å². The van der Waals surface area contributed by atoms with Gasteiger partial charge in [0.25, 0.3) is 0 Å². The summed E-state index contributed by atoms with van der Waals surface area (Å²) in [5, 5.41) is 8.51. The monoisotopic (exact) mass is 606 g/mol. The van der Waals surface area contributed by atoms with Crippen molar-refractivity contribution in [1.29, 1.82) is 0 Å². The van der Waals surface area contributed by atoms with Crippen molar-refractivity contribution in [2.45, 2.75) is 206 Å². The maximum absolute atomic E-state index is 12.5. The average molecular weight is 606 g/mol. The molecule has 0 fully saturated rings. The van der Waals surface area contributed by atoms with Gasteiger partial charge in [-0.15, -0.1) is 0 Å². The first-order valence-corrected chi connectivity index (χ1v) is 18.9. The first-order valence-electron chi connectivity index (χ1n) is 18.9. The quantitative estimate of drug-likeness (QED) is 0.0515. The van der Waals surface area contributed by atoms with Gasteiger partial charge in [-0.3, -0.25) is 14.4 Å². The third-order valence-corrected chi connectivity index (χ3v) is 8.52. The highest BCUT2D eigenvalue weighted by molar-refractivity contribution is 6.35. The van der Waals surface area contributed by atoms with Crippen LogP contribution in [0.5, 0.6) is 0 Å². The van der Waals surface area contributed by atoms with Crippen LogP contribution in [0.15, 0.2) is 0 Å². The molecule has 0 bridgehead atoms. The fourth-order valence-electron chi connectivity index (χ4n) is 5.68. The van der Waals surface area contributed by atoms with E-state index < -0.39 is 6.04 Å². The van der Waals surface area contributed by atoms with Crippen LogP contribution in [0.1, 0.15) is 194 Å². The highest BCUT2D eigenvalue weighted by Gasteiger charge is 2.20. The number of rotatable bonds is 33. The topological polar surface area (TPSA) is 87.3 Å². The zero-order valence-corrected chi connectivity index (χ0v) is 29.0. The molecule has 7 heteroatoms. The van der Waals surface area contributed by atoms with Crippen LogP contribution in [0.25, 0.3) is 0 Å². The molecule has 1 atom stereocenters. The van der Waals surface area contributed by atoms with Crippen molar-refractivity contribution in [3.05, 3.63) is 0 Å². The van der Waals surface area contributed by atoms with Crippen LogP contribution >= 0.6 is 0 Å². The summed E-state index contributed by atoms with van der Waals surface area (Å²) >= 11 is 0. The van der Waals surface area contributed by atoms with E-state index in [2.05, 4.69) is 29.7 Å². The standard InChI is InChI=1S/C36H72BN3O3/c1-4-6-8-10-12-14-16-18-20-22-24-26-28-30-34(41)38-32-33(36(43)40-37-3)39-35(42)31-29-27-25-23-21-19-17-15-13-11-9-7-5-2/h33,37H,4-32H2,1-3H3,(H,38,41)(H,39,42)(H,40,43)/t33-/m0/s1. The molecule has 0 saturated carbocycles. The number of hydrogen-bond acceptors (Lipinski definition) is 3. The number of carbonyl (C=O) groups is 3. The van der Waals surface area contributed by atoms with Gasteiger partial charge in [-0.1, -0.05) is 175 Å². The number of nitrogens with one attached hydrogen (secondary N) is 3. The second kappa shape index (κ2) is 33.4. The van der Waals surface area contributed by atoms with E-state index in [9.17, 15) is 14.4 Å². The predicted molar refractivity (Wildman–Crippen MR) is 187 cm³/mol. The smallest absolute Gasteiger partial charge is 0.233 e. The van der Waals surface area contributed by atoms with E-state index in [1.54, 1.807) is 0 Å². The third-order valence-electron chi connectivity index (χ3n) is 8.52. The maximum atomic E-state index is 12.5. The van der Waals surface area contributed by atoms with Crippen LogP contribution in [0.2, 0.25) is 6.82 Å². The van der Waals surface area contributed by atoms with Gasteiger partial charge in [-0.05, 0) is 12.8 Å². The van der Waals surface area contributed by atoms with Gasteiger partial charge >= 0.3 is 0 Å². The fraction of sp³-hybridized carbons (Fsp3) is 0.917. The molecule has 0 aliphatic rings. The molecular weight excluding hydrogens is 533 g/mol. The lowest BCUT2D eigenvalue weighted by Crippen LogP contribution is -2.53. The molecule has 3 amide bonds. The molecule has 252 valence electrons. The third kappa shape index (κ3) is 30.3. The summed E-state index contributed by atoms with van der Waals surface area (Å²) < 4.78 is 0. The minimum Gasteiger partial charge on any atom is -0.401 e. The summed E-state index contributed by atoms with van der Waals surface area (Å²) in [5.74, 6) is -0.379. The molecule has 0 heterocycles. The summed E-state index contributed by atoms with van der Waals surface area (Å²) in [7, 11) is 0.497. The predicted octanol–water partition coefficient (Wildman–Crippen LogP) is 9.07. The van der Waals surface area contributed by atoms with Crippen molar-refractivity contribution in [2.75, 3.05) is 6.54 Å². The SMILES string of the molecule is CBNC(=O)[C@H](CNC(=O)CCCCCCCCCCCCCCC)NC(=O)CCCCCCCCCCCCCCC. The van der Waals surface area contributed by atoms with Crippen molar-refractivity contribution in [3.8, 4) is 0 Å². The summed E-state index contributed by atoms with van der Waals surface area (Å²) in [6.45, 7) is 6.53. The van der Waals surface area contributed by atoms with Gasteiger partial charge in [-0.25, -0.2) is 0 Å². The Kier molecular flexibility index (Phi) is 32.2. The van der Waals surface area contributed by atoms with Gasteiger partial charge in [-0.2, -0.15) is 0 Å². The van der Waals surface area contributed by atoms with Crippen molar-refractivity contribution in [1.82, 2.24) is 15.9 Å². The van der Waals surface area contributed by atoms with E-state index in [1.807, 2.05) is 6.82 Å². The number of amides is 3. The number of hydrogen-bond donors (Lipinski definition) is 3. The lowest BCUT2D eigenvalue weighted by molar-refractivity contribution is -0.128. The second-order valence-corrected chi connectivity index (χ2v) is 12.8. The Labute approximate surface area is 268 Å². The van der Waals surface area contributed by atoms with Crippen LogP contribution in [-0.2, 0) is 14.4 Å². The number of unbranched alkanes of at least 4 members (excludes halogenated alkanes) is 24. The van der Waals surface area contributed by atoms with E-state index in [-0.39, 0.29) is 24.3 Å². The van der Waals surface area contributed by atoms with Crippen molar-refractivity contribution >= 4 is 25.1 Å². The van der Waals surface area contributed by atoms with E-state index in [0.717, 1.165) is 25.7 Å². The zero-order valence-electron chi connectivity index (χ0n) is 29.0. The van der Waals surface area contributed by atoms with Crippen LogP contribution in [-0.4, -0.2) is 37.7 Å². The first kappa shape index (κ1) is 41.5. The lowest BCUT2D eigenvalue weighted by Gasteiger charge is -2.19. The van der Waals surface area contributed by atoms with Gasteiger partial charge in [0.1, 0.15) is 6.04 Å². The Morgan fingerprint density at radius 2 is 0.814 bits per heavy atom. The molecular formula is C36H72BN3O3. The lowest BCUT2D eigenvalue weighted by atomic mass is 9.99. The molecule has 0 spiro atoms. The summed E-state index contributed by atoms with van der Waals surface area (Å²) in [5.41, 5.74) is 0.